The molecule has 0 radical (unpaired) electrons. The highest BCUT2D eigenvalue weighted by Gasteiger charge is 2.34. The van der Waals surface area contributed by atoms with Crippen LogP contribution in [0.1, 0.15) is 35.6 Å². The Kier molecular flexibility index (Phi) is 10.1. The van der Waals surface area contributed by atoms with Crippen molar-refractivity contribution in [1.82, 2.24) is 10.2 Å². The van der Waals surface area contributed by atoms with E-state index in [-0.39, 0.29) is 41.9 Å². The van der Waals surface area contributed by atoms with Crippen molar-refractivity contribution < 1.29 is 14.0 Å². The van der Waals surface area contributed by atoms with Gasteiger partial charge in [-0.05, 0) is 75.0 Å². The SMILES string of the molecule is Cc1cc(CC(=O)NCCN(C)C)cc(C)c1N1C[C@@H](Cc2ccccc2F)C[C@@H](C)C1=O.Cl. The van der Waals surface area contributed by atoms with Crippen molar-refractivity contribution in [2.45, 2.75) is 40.0 Å². The molecular formula is C27H37ClFN3O2. The molecule has 0 bridgehead atoms. The molecule has 0 saturated carbocycles. The zero-order valence-electron chi connectivity index (χ0n) is 20.9. The van der Waals surface area contributed by atoms with Crippen LogP contribution in [0.15, 0.2) is 36.4 Å². The fourth-order valence-electron chi connectivity index (χ4n) is 4.85. The van der Waals surface area contributed by atoms with Gasteiger partial charge in [-0.15, -0.1) is 12.4 Å². The number of benzene rings is 2. The van der Waals surface area contributed by atoms with E-state index < -0.39 is 0 Å². The van der Waals surface area contributed by atoms with E-state index in [1.807, 2.05) is 68.9 Å². The number of piperidine rings is 1. The molecule has 0 aliphatic carbocycles. The molecule has 2 amide bonds. The van der Waals surface area contributed by atoms with Gasteiger partial charge in [0.2, 0.25) is 11.8 Å². The van der Waals surface area contributed by atoms with Gasteiger partial charge >= 0.3 is 0 Å². The van der Waals surface area contributed by atoms with Crippen LogP contribution in [0, 0.1) is 31.5 Å². The molecule has 3 rings (SSSR count). The summed E-state index contributed by atoms with van der Waals surface area (Å²) in [6.07, 6.45) is 1.69. The summed E-state index contributed by atoms with van der Waals surface area (Å²) in [6.45, 7) is 7.93. The molecular weight excluding hydrogens is 453 g/mol. The van der Waals surface area contributed by atoms with E-state index in [1.54, 1.807) is 6.07 Å². The average molecular weight is 490 g/mol. The number of hydrogen-bond donors (Lipinski definition) is 1. The molecule has 0 aromatic heterocycles. The predicted octanol–water partition coefficient (Wildman–Crippen LogP) is 4.32. The van der Waals surface area contributed by atoms with E-state index >= 15 is 0 Å². The topological polar surface area (TPSA) is 52.7 Å². The van der Waals surface area contributed by atoms with Crippen molar-refractivity contribution >= 4 is 29.9 Å². The number of anilines is 1. The van der Waals surface area contributed by atoms with E-state index in [9.17, 15) is 14.0 Å². The van der Waals surface area contributed by atoms with Gasteiger partial charge in [0.25, 0.3) is 0 Å². The molecule has 0 unspecified atom stereocenters. The van der Waals surface area contributed by atoms with Crippen LogP contribution < -0.4 is 10.2 Å². The molecule has 1 saturated heterocycles. The van der Waals surface area contributed by atoms with E-state index in [0.717, 1.165) is 35.3 Å². The van der Waals surface area contributed by atoms with Gasteiger partial charge in [-0.3, -0.25) is 9.59 Å². The van der Waals surface area contributed by atoms with Gasteiger partial charge in [0.15, 0.2) is 0 Å². The highest BCUT2D eigenvalue weighted by Crippen LogP contribution is 2.34. The van der Waals surface area contributed by atoms with E-state index in [4.69, 9.17) is 0 Å². The average Bonchev–Trinajstić information content (AvgIpc) is 2.72. The maximum Gasteiger partial charge on any atom is 0.229 e. The number of rotatable bonds is 8. The Morgan fingerprint density at radius 3 is 2.44 bits per heavy atom. The monoisotopic (exact) mass is 489 g/mol. The second kappa shape index (κ2) is 12.3. The summed E-state index contributed by atoms with van der Waals surface area (Å²) >= 11 is 0. The van der Waals surface area contributed by atoms with E-state index in [0.29, 0.717) is 31.5 Å². The Morgan fingerprint density at radius 2 is 1.82 bits per heavy atom. The molecule has 186 valence electrons. The van der Waals surface area contributed by atoms with Crippen LogP contribution >= 0.6 is 12.4 Å². The van der Waals surface area contributed by atoms with Gasteiger partial charge in [-0.1, -0.05) is 37.3 Å². The Labute approximate surface area is 209 Å². The number of hydrogen-bond acceptors (Lipinski definition) is 3. The standard InChI is InChI=1S/C27H36FN3O2.ClH/c1-18-12-21(16-25(32)29-10-11-30(4)5)13-19(2)26(18)31-17-22(14-20(3)27(31)33)15-23-8-6-7-9-24(23)28;/h6-9,12-13,20,22H,10-11,14-17H2,1-5H3,(H,29,32);1H/t20-,22-;/m1./s1. The van der Waals surface area contributed by atoms with Crippen molar-refractivity contribution in [3.63, 3.8) is 0 Å². The van der Waals surface area contributed by atoms with Crippen LogP contribution in [0.2, 0.25) is 0 Å². The Hall–Kier alpha value is -2.44. The first kappa shape index (κ1) is 27.8. The lowest BCUT2D eigenvalue weighted by Crippen LogP contribution is -2.46. The fourth-order valence-corrected chi connectivity index (χ4v) is 4.85. The number of likely N-dealkylation sites (N-methyl/N-ethyl adjacent to an activating group) is 1. The van der Waals surface area contributed by atoms with E-state index in [2.05, 4.69) is 5.32 Å². The number of halogens is 2. The minimum absolute atomic E-state index is 0. The van der Waals surface area contributed by atoms with Crippen LogP contribution in [-0.4, -0.2) is 50.4 Å². The molecule has 1 fully saturated rings. The molecule has 1 aliphatic heterocycles. The maximum atomic E-state index is 14.2. The van der Waals surface area contributed by atoms with Crippen LogP contribution in [-0.2, 0) is 22.4 Å². The zero-order valence-corrected chi connectivity index (χ0v) is 21.7. The first-order valence-electron chi connectivity index (χ1n) is 11.7. The largest absolute Gasteiger partial charge is 0.355 e. The Balaban J connectivity index is 0.00000408. The number of carbonyl (C=O) groups excluding carboxylic acids is 2. The molecule has 1 aliphatic rings. The minimum Gasteiger partial charge on any atom is -0.355 e. The summed E-state index contributed by atoms with van der Waals surface area (Å²) in [5.74, 6) is -0.00242. The third-order valence-corrected chi connectivity index (χ3v) is 6.35. The quantitative estimate of drug-likeness (QED) is 0.601. The van der Waals surface area contributed by atoms with Gasteiger partial charge < -0.3 is 15.1 Å². The smallest absolute Gasteiger partial charge is 0.229 e. The first-order valence-corrected chi connectivity index (χ1v) is 11.7. The van der Waals surface area contributed by atoms with Crippen LogP contribution in [0.25, 0.3) is 0 Å². The van der Waals surface area contributed by atoms with Gasteiger partial charge in [0, 0.05) is 31.2 Å². The number of nitrogens with zero attached hydrogens (tertiary/aromatic N) is 2. The van der Waals surface area contributed by atoms with Gasteiger partial charge in [0.05, 0.1) is 6.42 Å². The van der Waals surface area contributed by atoms with Crippen LogP contribution in [0.5, 0.6) is 0 Å². The van der Waals surface area contributed by atoms with Crippen molar-refractivity contribution in [3.8, 4) is 0 Å². The van der Waals surface area contributed by atoms with Gasteiger partial charge in [0.1, 0.15) is 5.82 Å². The third-order valence-electron chi connectivity index (χ3n) is 6.35. The second-order valence-corrected chi connectivity index (χ2v) is 9.66. The highest BCUT2D eigenvalue weighted by molar-refractivity contribution is 5.97. The fraction of sp³-hybridized carbons (Fsp3) is 0.481. The lowest BCUT2D eigenvalue weighted by atomic mass is 9.84. The summed E-state index contributed by atoms with van der Waals surface area (Å²) < 4.78 is 14.2. The van der Waals surface area contributed by atoms with E-state index in [1.165, 1.54) is 6.07 Å². The molecule has 34 heavy (non-hydrogen) atoms. The number of aryl methyl sites for hydroxylation is 2. The van der Waals surface area contributed by atoms with Crippen molar-refractivity contribution in [1.29, 1.82) is 0 Å². The van der Waals surface area contributed by atoms with Crippen LogP contribution in [0.4, 0.5) is 10.1 Å². The Bertz CT molecular complexity index is 988. The Morgan fingerprint density at radius 1 is 1.18 bits per heavy atom. The maximum absolute atomic E-state index is 14.2. The molecule has 0 spiro atoms. The van der Waals surface area contributed by atoms with Crippen molar-refractivity contribution in [2.75, 3.05) is 38.6 Å². The predicted molar refractivity (Wildman–Crippen MR) is 138 cm³/mol. The lowest BCUT2D eigenvalue weighted by molar-refractivity contribution is -0.124. The van der Waals surface area contributed by atoms with Crippen molar-refractivity contribution in [2.24, 2.45) is 11.8 Å². The van der Waals surface area contributed by atoms with Crippen LogP contribution in [0.3, 0.4) is 0 Å². The number of carbonyl (C=O) groups is 2. The molecule has 2 aromatic carbocycles. The molecule has 7 heteroatoms. The first-order chi connectivity index (χ1) is 15.7. The number of nitrogens with one attached hydrogen (secondary N) is 1. The zero-order chi connectivity index (χ0) is 24.1. The summed E-state index contributed by atoms with van der Waals surface area (Å²) in [4.78, 5) is 29.3. The third kappa shape index (κ3) is 7.03. The van der Waals surface area contributed by atoms with Gasteiger partial charge in [-0.2, -0.15) is 0 Å². The second-order valence-electron chi connectivity index (χ2n) is 9.66. The van der Waals surface area contributed by atoms with Gasteiger partial charge in [-0.25, -0.2) is 4.39 Å². The normalized spacial score (nSPS) is 18.1. The van der Waals surface area contributed by atoms with Crippen molar-refractivity contribution in [3.05, 3.63) is 64.5 Å². The molecule has 2 atom stereocenters. The lowest BCUT2D eigenvalue weighted by Gasteiger charge is -2.38. The number of amides is 2. The summed E-state index contributed by atoms with van der Waals surface area (Å²) in [5.41, 5.74) is 4.53. The molecule has 5 nitrogen and oxygen atoms in total. The highest BCUT2D eigenvalue weighted by atomic mass is 35.5. The summed E-state index contributed by atoms with van der Waals surface area (Å²) in [5, 5.41) is 2.95. The minimum atomic E-state index is -0.186. The molecule has 2 aromatic rings. The summed E-state index contributed by atoms with van der Waals surface area (Å²) in [7, 11) is 3.95. The summed E-state index contributed by atoms with van der Waals surface area (Å²) in [6, 6.07) is 10.9. The molecule has 1 N–H and O–H groups in total. The molecule has 1 heterocycles.